The van der Waals surface area contributed by atoms with Crippen LogP contribution >= 0.6 is 11.6 Å². The molecule has 0 radical (unpaired) electrons. The lowest BCUT2D eigenvalue weighted by molar-refractivity contribution is -0.137. The Morgan fingerprint density at radius 3 is 2.11 bits per heavy atom. The Morgan fingerprint density at radius 2 is 1.51 bits per heavy atom. The molecule has 9 rings (SSSR count). The predicted octanol–water partition coefficient (Wildman–Crippen LogP) is 9.75. The lowest BCUT2D eigenvalue weighted by atomic mass is 9.98. The van der Waals surface area contributed by atoms with Crippen LogP contribution in [0.1, 0.15) is 59.3 Å². The number of anilines is 2. The summed E-state index contributed by atoms with van der Waals surface area (Å²) >= 11 is 7.24. The van der Waals surface area contributed by atoms with E-state index in [2.05, 4.69) is 25.6 Å². The van der Waals surface area contributed by atoms with Gasteiger partial charge in [-0.3, -0.25) is 14.9 Å². The summed E-state index contributed by atoms with van der Waals surface area (Å²) in [4.78, 5) is 23.7. The molecule has 0 bridgehead atoms. The molecular formula is C54H54ClF6N9O5. The molecule has 2 atom stereocenters. The van der Waals surface area contributed by atoms with Crippen LogP contribution in [-0.2, 0) is 30.5 Å². The van der Waals surface area contributed by atoms with E-state index in [-0.39, 0.29) is 60.1 Å². The molecule has 5 heterocycles. The van der Waals surface area contributed by atoms with Gasteiger partial charge in [-0.1, -0.05) is 48.0 Å². The molecule has 6 aromatic rings. The number of likely N-dealkylation sites (tertiary alicyclic amines) is 1. The van der Waals surface area contributed by atoms with Gasteiger partial charge in [-0.15, -0.1) is 0 Å². The zero-order valence-corrected chi connectivity index (χ0v) is 42.4. The summed E-state index contributed by atoms with van der Waals surface area (Å²) < 4.78 is 121. The normalized spacial score (nSPS) is 15.7. The Hall–Kier alpha value is -7.45. The molecule has 21 heteroatoms. The minimum atomic E-state index is -5.06. The molecule has 4 aromatic carbocycles. The van der Waals surface area contributed by atoms with Crippen molar-refractivity contribution >= 4 is 29.1 Å². The SMILES string of the molecule is COc1ccc(CNc2nccnc2C(C)N2C=C(OC[C@@H]3CCCN3CC(F)F)Oc3c(F)c(-c4nc(N(Cc5ccc(OC)cc5)Cc5ccc(OC)cc5)cc(C)c4C(F)(F)F)c(Cl)c4c3=C2NCN=4)cc1. The van der Waals surface area contributed by atoms with E-state index in [1.807, 2.05) is 55.5 Å². The van der Waals surface area contributed by atoms with Crippen LogP contribution in [0, 0.1) is 12.7 Å². The van der Waals surface area contributed by atoms with Crippen LogP contribution in [0.5, 0.6) is 23.0 Å². The Balaban J connectivity index is 1.19. The second-order valence-electron chi connectivity index (χ2n) is 18.1. The van der Waals surface area contributed by atoms with E-state index in [0.717, 1.165) is 16.7 Å². The Morgan fingerprint density at radius 1 is 0.893 bits per heavy atom. The molecule has 0 saturated carbocycles. The molecule has 2 aromatic heterocycles. The Labute approximate surface area is 434 Å². The van der Waals surface area contributed by atoms with E-state index in [1.165, 1.54) is 31.6 Å². The van der Waals surface area contributed by atoms with Crippen LogP contribution in [0.15, 0.2) is 108 Å². The van der Waals surface area contributed by atoms with Crippen molar-refractivity contribution in [1.82, 2.24) is 30.1 Å². The van der Waals surface area contributed by atoms with Crippen molar-refractivity contribution in [3.05, 3.63) is 158 Å². The van der Waals surface area contributed by atoms with Crippen LogP contribution in [0.25, 0.3) is 17.1 Å². The van der Waals surface area contributed by atoms with Crippen molar-refractivity contribution < 1.29 is 50.0 Å². The molecule has 3 aliphatic rings. The molecule has 1 unspecified atom stereocenters. The summed E-state index contributed by atoms with van der Waals surface area (Å²) in [5.41, 5.74) is -0.0681. The lowest BCUT2D eigenvalue weighted by Crippen LogP contribution is -2.45. The highest BCUT2D eigenvalue weighted by Gasteiger charge is 2.41. The van der Waals surface area contributed by atoms with E-state index >= 15 is 17.6 Å². The van der Waals surface area contributed by atoms with Gasteiger partial charge in [-0.25, -0.2) is 23.1 Å². The number of rotatable bonds is 19. The summed E-state index contributed by atoms with van der Waals surface area (Å²) in [7, 11) is 4.66. The Kier molecular flexibility index (Phi) is 15.8. The predicted molar refractivity (Wildman–Crippen MR) is 270 cm³/mol. The summed E-state index contributed by atoms with van der Waals surface area (Å²) in [6.45, 7) is 3.43. The molecule has 0 spiro atoms. The number of aryl methyl sites for hydroxylation is 1. The largest absolute Gasteiger partial charge is 0.497 e. The molecule has 75 heavy (non-hydrogen) atoms. The topological polar surface area (TPSA) is 131 Å². The lowest BCUT2D eigenvalue weighted by Gasteiger charge is -2.31. The van der Waals surface area contributed by atoms with Crippen molar-refractivity contribution in [2.24, 2.45) is 4.99 Å². The molecular weight excluding hydrogens is 1000 g/mol. The molecule has 3 aliphatic heterocycles. The van der Waals surface area contributed by atoms with Gasteiger partial charge in [0.1, 0.15) is 53.7 Å². The van der Waals surface area contributed by atoms with Gasteiger partial charge in [0.2, 0.25) is 0 Å². The van der Waals surface area contributed by atoms with Gasteiger partial charge < -0.3 is 44.1 Å². The third kappa shape index (κ3) is 11.5. The summed E-state index contributed by atoms with van der Waals surface area (Å²) in [6.07, 6.45) is -1.97. The van der Waals surface area contributed by atoms with Crippen molar-refractivity contribution in [1.29, 1.82) is 0 Å². The molecule has 0 aliphatic carbocycles. The minimum Gasteiger partial charge on any atom is -0.497 e. The summed E-state index contributed by atoms with van der Waals surface area (Å²) in [5, 5.41) is 6.02. The number of nitrogens with one attached hydrogen (secondary N) is 2. The van der Waals surface area contributed by atoms with Crippen LogP contribution in [0.4, 0.5) is 38.0 Å². The number of alkyl halides is 5. The third-order valence-corrected chi connectivity index (χ3v) is 13.7. The standard InChI is InChI=1S/C54H54ClF6N9O5/c1-31-23-41(69(25-34-10-16-38(72-4)17-11-34)26-35-12-18-39(73-5)19-13-35)67-49(45(31)54(59,60)61)43-46(55)50-44-51(47(43)58)75-42(74-29-36-7-6-22-68(36)27-40(56)57)28-70(53(44)66-30-65-50)32(2)48-52(63-21-20-62-48)64-24-33-8-14-37(71-3)15-9-33/h8-21,23,28,32,36,40,66H,6-7,22,24-27,29-30H2,1-5H3,(H,63,64)/t32?,36-/m0/s1. The van der Waals surface area contributed by atoms with Gasteiger partial charge in [-0.05, 0) is 98.0 Å². The number of hydrogen-bond donors (Lipinski definition) is 2. The molecule has 1 saturated heterocycles. The summed E-state index contributed by atoms with van der Waals surface area (Å²) in [5.74, 6) is 0.471. The van der Waals surface area contributed by atoms with Crippen molar-refractivity contribution in [2.45, 2.75) is 71.0 Å². The van der Waals surface area contributed by atoms with E-state index in [4.69, 9.17) is 40.3 Å². The fourth-order valence-electron chi connectivity index (χ4n) is 9.51. The maximum atomic E-state index is 18.2. The first-order valence-electron chi connectivity index (χ1n) is 24.1. The first kappa shape index (κ1) is 52.4. The number of benzene rings is 4. The van der Waals surface area contributed by atoms with Crippen LogP contribution in [0.3, 0.4) is 0 Å². The first-order chi connectivity index (χ1) is 36.1. The van der Waals surface area contributed by atoms with Gasteiger partial charge in [0.15, 0.2) is 11.6 Å². The maximum absolute atomic E-state index is 18.2. The van der Waals surface area contributed by atoms with Gasteiger partial charge in [0, 0.05) is 38.1 Å². The second-order valence-corrected chi connectivity index (χ2v) is 18.5. The monoisotopic (exact) mass is 1060 g/mol. The number of aromatic nitrogens is 3. The molecule has 0 amide bonds. The molecule has 14 nitrogen and oxygen atoms in total. The number of nitrogens with zero attached hydrogens (tertiary/aromatic N) is 7. The number of halogens is 7. The smallest absolute Gasteiger partial charge is 0.418 e. The highest BCUT2D eigenvalue weighted by atomic mass is 35.5. The van der Waals surface area contributed by atoms with Crippen LogP contribution in [-0.4, -0.2) is 84.9 Å². The highest BCUT2D eigenvalue weighted by Crippen LogP contribution is 2.44. The third-order valence-electron chi connectivity index (χ3n) is 13.3. The quantitative estimate of drug-likeness (QED) is 0.0748. The number of ether oxygens (including phenoxy) is 5. The fraction of sp³-hybridized carbons (Fsp3) is 0.333. The van der Waals surface area contributed by atoms with Gasteiger partial charge in [0.05, 0.1) is 72.5 Å². The first-order valence-corrected chi connectivity index (χ1v) is 24.5. The van der Waals surface area contributed by atoms with E-state index < -0.39 is 64.6 Å². The van der Waals surface area contributed by atoms with Crippen molar-refractivity contribution in [2.75, 3.05) is 57.9 Å². The zero-order valence-electron chi connectivity index (χ0n) is 41.7. The average Bonchev–Trinajstić information content (AvgIpc) is 3.78. The Bertz CT molecular complexity index is 3120. The van der Waals surface area contributed by atoms with Crippen molar-refractivity contribution in [3.8, 4) is 34.3 Å². The molecule has 2 N–H and O–H groups in total. The maximum Gasteiger partial charge on any atom is 0.418 e. The number of methoxy groups -OCH3 is 3. The van der Waals surface area contributed by atoms with Crippen LogP contribution in [0.2, 0.25) is 5.02 Å². The number of pyridine rings is 1. The van der Waals surface area contributed by atoms with Gasteiger partial charge in [0.25, 0.3) is 6.43 Å². The molecule has 1 fully saturated rings. The number of hydrogen-bond acceptors (Lipinski definition) is 14. The van der Waals surface area contributed by atoms with Crippen LogP contribution < -0.4 is 45.1 Å². The highest BCUT2D eigenvalue weighted by molar-refractivity contribution is 6.33. The fourth-order valence-corrected chi connectivity index (χ4v) is 9.84. The second kappa shape index (κ2) is 22.6. The van der Waals surface area contributed by atoms with Crippen molar-refractivity contribution in [3.63, 3.8) is 0 Å². The molecule has 394 valence electrons. The van der Waals surface area contributed by atoms with E-state index in [0.29, 0.717) is 54.7 Å². The summed E-state index contributed by atoms with van der Waals surface area (Å²) in [6, 6.07) is 22.0. The van der Waals surface area contributed by atoms with E-state index in [9.17, 15) is 8.78 Å². The average molecular weight is 1060 g/mol. The van der Waals surface area contributed by atoms with Gasteiger partial charge in [-0.2, -0.15) is 13.2 Å². The van der Waals surface area contributed by atoms with E-state index in [1.54, 1.807) is 60.3 Å². The minimum absolute atomic E-state index is 0.0203. The van der Waals surface area contributed by atoms with Gasteiger partial charge >= 0.3 is 12.1 Å². The zero-order chi connectivity index (χ0) is 53.0.